The van der Waals surface area contributed by atoms with Crippen molar-refractivity contribution in [3.05, 3.63) is 76.2 Å². The fourth-order valence-electron chi connectivity index (χ4n) is 1.96. The number of rotatable bonds is 5. The minimum absolute atomic E-state index is 0.0462. The number of carbonyl (C=O) groups is 2. The zero-order valence-corrected chi connectivity index (χ0v) is 13.8. The standard InChI is InChI=1S/C16H10N4O5S/c21-14(19-16-18-9-13(26-16)20(23)24)11-5-1-2-6-12(11)25-15(22)10-4-3-7-17-8-10/h1-9H,(H,18,19,21). The molecule has 0 saturated carbocycles. The van der Waals surface area contributed by atoms with E-state index in [2.05, 4.69) is 15.3 Å². The van der Waals surface area contributed by atoms with Crippen LogP contribution in [0.5, 0.6) is 5.75 Å². The van der Waals surface area contributed by atoms with Crippen molar-refractivity contribution in [1.82, 2.24) is 9.97 Å². The largest absolute Gasteiger partial charge is 0.422 e. The molecule has 0 radical (unpaired) electrons. The number of ether oxygens (including phenoxy) is 1. The van der Waals surface area contributed by atoms with Crippen molar-refractivity contribution >= 4 is 33.3 Å². The quantitative estimate of drug-likeness (QED) is 0.317. The van der Waals surface area contributed by atoms with Gasteiger partial charge >= 0.3 is 11.0 Å². The normalized spacial score (nSPS) is 10.2. The number of hydrogen-bond donors (Lipinski definition) is 1. The minimum Gasteiger partial charge on any atom is -0.422 e. The molecule has 2 aromatic heterocycles. The number of pyridine rings is 1. The van der Waals surface area contributed by atoms with Crippen LogP contribution in [0.15, 0.2) is 55.0 Å². The Morgan fingerprint density at radius 3 is 2.65 bits per heavy atom. The molecule has 130 valence electrons. The van der Waals surface area contributed by atoms with Gasteiger partial charge in [-0.25, -0.2) is 9.78 Å². The highest BCUT2D eigenvalue weighted by Crippen LogP contribution is 2.26. The van der Waals surface area contributed by atoms with Crippen LogP contribution in [0.3, 0.4) is 0 Å². The second-order valence-corrected chi connectivity index (χ2v) is 5.85. The monoisotopic (exact) mass is 370 g/mol. The fourth-order valence-corrected chi connectivity index (χ4v) is 2.58. The van der Waals surface area contributed by atoms with E-state index in [0.717, 1.165) is 17.5 Å². The van der Waals surface area contributed by atoms with E-state index < -0.39 is 16.8 Å². The smallest absolute Gasteiger partial charge is 0.345 e. The first kappa shape index (κ1) is 17.2. The van der Waals surface area contributed by atoms with E-state index in [1.54, 1.807) is 18.2 Å². The molecular weight excluding hydrogens is 360 g/mol. The summed E-state index contributed by atoms with van der Waals surface area (Å²) in [4.78, 5) is 42.2. The van der Waals surface area contributed by atoms with Gasteiger partial charge in [-0.1, -0.05) is 12.1 Å². The lowest BCUT2D eigenvalue weighted by Crippen LogP contribution is -2.16. The van der Waals surface area contributed by atoms with Gasteiger partial charge in [0.05, 0.1) is 16.1 Å². The first-order chi connectivity index (χ1) is 12.5. The number of nitrogens with one attached hydrogen (secondary N) is 1. The molecule has 2 heterocycles. The summed E-state index contributed by atoms with van der Waals surface area (Å²) in [6.07, 6.45) is 3.92. The third-order valence-corrected chi connectivity index (χ3v) is 3.99. The van der Waals surface area contributed by atoms with Gasteiger partial charge in [-0.3, -0.25) is 25.2 Å². The van der Waals surface area contributed by atoms with Crippen molar-refractivity contribution < 1.29 is 19.2 Å². The number of nitro groups is 1. The third-order valence-electron chi connectivity index (χ3n) is 3.13. The van der Waals surface area contributed by atoms with E-state index in [-0.39, 0.29) is 27.0 Å². The molecule has 3 rings (SSSR count). The van der Waals surface area contributed by atoms with Crippen LogP contribution in [0.25, 0.3) is 0 Å². The number of carbonyl (C=O) groups excluding carboxylic acids is 2. The lowest BCUT2D eigenvalue weighted by atomic mass is 10.2. The van der Waals surface area contributed by atoms with Crippen molar-refractivity contribution in [2.24, 2.45) is 0 Å². The molecule has 10 heteroatoms. The Labute approximate surface area is 150 Å². The Balaban J connectivity index is 1.78. The van der Waals surface area contributed by atoms with Crippen molar-refractivity contribution in [2.45, 2.75) is 0 Å². The van der Waals surface area contributed by atoms with Gasteiger partial charge in [-0.2, -0.15) is 0 Å². The van der Waals surface area contributed by atoms with Crippen LogP contribution in [0, 0.1) is 10.1 Å². The summed E-state index contributed by atoms with van der Waals surface area (Å²) in [6.45, 7) is 0. The number of thiazole rings is 1. The molecule has 0 aliphatic rings. The van der Waals surface area contributed by atoms with Crippen molar-refractivity contribution in [1.29, 1.82) is 0 Å². The average Bonchev–Trinajstić information content (AvgIpc) is 3.11. The van der Waals surface area contributed by atoms with E-state index >= 15 is 0 Å². The molecule has 0 unspecified atom stereocenters. The molecule has 1 aromatic carbocycles. The molecule has 0 bridgehead atoms. The number of amides is 1. The maximum Gasteiger partial charge on any atom is 0.345 e. The van der Waals surface area contributed by atoms with Gasteiger partial charge in [0, 0.05) is 12.4 Å². The molecule has 26 heavy (non-hydrogen) atoms. The zero-order chi connectivity index (χ0) is 18.5. The Morgan fingerprint density at radius 1 is 1.15 bits per heavy atom. The van der Waals surface area contributed by atoms with E-state index in [0.29, 0.717) is 0 Å². The van der Waals surface area contributed by atoms with Crippen molar-refractivity contribution in [3.63, 3.8) is 0 Å². The van der Waals surface area contributed by atoms with Gasteiger partial charge in [0.2, 0.25) is 0 Å². The minimum atomic E-state index is -0.664. The zero-order valence-electron chi connectivity index (χ0n) is 13.0. The van der Waals surface area contributed by atoms with Crippen LogP contribution in [-0.2, 0) is 0 Å². The number of benzene rings is 1. The number of aromatic nitrogens is 2. The average molecular weight is 370 g/mol. The highest BCUT2D eigenvalue weighted by Gasteiger charge is 2.19. The molecule has 0 fully saturated rings. The van der Waals surface area contributed by atoms with Gasteiger partial charge in [-0.05, 0) is 35.6 Å². The van der Waals surface area contributed by atoms with Crippen LogP contribution in [0.1, 0.15) is 20.7 Å². The lowest BCUT2D eigenvalue weighted by Gasteiger charge is -2.09. The molecule has 0 atom stereocenters. The topological polar surface area (TPSA) is 124 Å². The van der Waals surface area contributed by atoms with E-state index in [1.807, 2.05) is 0 Å². The second kappa shape index (κ2) is 7.49. The molecule has 9 nitrogen and oxygen atoms in total. The van der Waals surface area contributed by atoms with E-state index in [1.165, 1.54) is 30.6 Å². The highest BCUT2D eigenvalue weighted by molar-refractivity contribution is 7.18. The van der Waals surface area contributed by atoms with Crippen molar-refractivity contribution in [3.8, 4) is 5.75 Å². The number of anilines is 1. The maximum atomic E-state index is 12.4. The molecule has 0 aliphatic carbocycles. The summed E-state index contributed by atoms with van der Waals surface area (Å²) in [5, 5.41) is 13.0. The van der Waals surface area contributed by atoms with Gasteiger partial charge in [-0.15, -0.1) is 0 Å². The molecule has 3 aromatic rings. The van der Waals surface area contributed by atoms with Gasteiger partial charge in [0.1, 0.15) is 11.9 Å². The number of nitrogens with zero attached hydrogens (tertiary/aromatic N) is 3. The van der Waals surface area contributed by atoms with Crippen LogP contribution in [0.2, 0.25) is 0 Å². The fraction of sp³-hybridized carbons (Fsp3) is 0. The molecule has 1 N–H and O–H groups in total. The number of hydrogen-bond acceptors (Lipinski definition) is 8. The summed E-state index contributed by atoms with van der Waals surface area (Å²) >= 11 is 0.722. The number of esters is 1. The first-order valence-corrected chi connectivity index (χ1v) is 7.99. The Kier molecular flexibility index (Phi) is 4.94. The molecule has 0 aliphatic heterocycles. The summed E-state index contributed by atoms with van der Waals surface area (Å²) in [5.74, 6) is -1.23. The molecule has 0 saturated heterocycles. The van der Waals surface area contributed by atoms with Crippen LogP contribution in [0.4, 0.5) is 10.1 Å². The molecule has 1 amide bonds. The van der Waals surface area contributed by atoms with E-state index in [9.17, 15) is 19.7 Å². The summed E-state index contributed by atoms with van der Waals surface area (Å²) in [6, 6.07) is 9.26. The summed E-state index contributed by atoms with van der Waals surface area (Å²) in [7, 11) is 0. The maximum absolute atomic E-state index is 12.4. The SMILES string of the molecule is O=C(Oc1ccccc1C(=O)Nc1ncc([N+](=O)[O-])s1)c1cccnc1. The Bertz CT molecular complexity index is 974. The Hall–Kier alpha value is -3.66. The molecular formula is C16H10N4O5S. The Morgan fingerprint density at radius 2 is 1.96 bits per heavy atom. The second-order valence-electron chi connectivity index (χ2n) is 4.84. The van der Waals surface area contributed by atoms with Crippen LogP contribution >= 0.6 is 11.3 Å². The summed E-state index contributed by atoms with van der Waals surface area (Å²) < 4.78 is 5.27. The highest BCUT2D eigenvalue weighted by atomic mass is 32.1. The lowest BCUT2D eigenvalue weighted by molar-refractivity contribution is -0.380. The van der Waals surface area contributed by atoms with Gasteiger partial charge in [0.25, 0.3) is 5.91 Å². The third kappa shape index (κ3) is 3.87. The summed E-state index contributed by atoms with van der Waals surface area (Å²) in [5.41, 5.74) is 0.320. The predicted octanol–water partition coefficient (Wildman–Crippen LogP) is 2.92. The van der Waals surface area contributed by atoms with E-state index in [4.69, 9.17) is 4.74 Å². The predicted molar refractivity (Wildman–Crippen MR) is 92.4 cm³/mol. The first-order valence-electron chi connectivity index (χ1n) is 7.17. The van der Waals surface area contributed by atoms with Gasteiger partial charge < -0.3 is 4.74 Å². The number of para-hydroxylation sites is 1. The van der Waals surface area contributed by atoms with Crippen molar-refractivity contribution in [2.75, 3.05) is 5.32 Å². The van der Waals surface area contributed by atoms with Crippen LogP contribution in [-0.4, -0.2) is 26.8 Å². The van der Waals surface area contributed by atoms with Crippen LogP contribution < -0.4 is 10.1 Å². The molecule has 0 spiro atoms. The van der Waals surface area contributed by atoms with Gasteiger partial charge in [0.15, 0.2) is 5.13 Å².